The van der Waals surface area contributed by atoms with E-state index in [4.69, 9.17) is 5.11 Å². The van der Waals surface area contributed by atoms with Crippen LogP contribution in [-0.2, 0) is 0 Å². The zero-order valence-corrected chi connectivity index (χ0v) is 17.4. The molecular formula is C23H21ClN4O3. The van der Waals surface area contributed by atoms with Crippen LogP contribution in [-0.4, -0.2) is 38.3 Å². The normalized spacial score (nSPS) is 15.7. The highest BCUT2D eigenvalue weighted by Crippen LogP contribution is 2.25. The zero-order chi connectivity index (χ0) is 20.7. The van der Waals surface area contributed by atoms with Crippen molar-refractivity contribution in [2.75, 3.05) is 13.1 Å². The Morgan fingerprint density at radius 1 is 1.03 bits per heavy atom. The molecule has 0 unspecified atom stereocenters. The summed E-state index contributed by atoms with van der Waals surface area (Å²) in [5, 5.41) is 12.4. The van der Waals surface area contributed by atoms with Crippen LogP contribution in [0.15, 0.2) is 71.7 Å². The summed E-state index contributed by atoms with van der Waals surface area (Å²) in [4.78, 5) is 28.9. The Hall–Kier alpha value is -3.42. The number of carbonyl (C=O) groups is 1. The number of fused-ring (bicyclic) bond motifs is 1. The lowest BCUT2D eigenvalue weighted by atomic mass is 10.0. The van der Waals surface area contributed by atoms with Gasteiger partial charge in [0.2, 0.25) is 0 Å². The Morgan fingerprint density at radius 3 is 2.32 bits per heavy atom. The molecule has 31 heavy (non-hydrogen) atoms. The van der Waals surface area contributed by atoms with Crippen LogP contribution in [0.4, 0.5) is 0 Å². The van der Waals surface area contributed by atoms with Crippen molar-refractivity contribution in [3.05, 3.63) is 82.9 Å². The van der Waals surface area contributed by atoms with Gasteiger partial charge in [-0.1, -0.05) is 24.3 Å². The number of carboxylic acid groups (broad SMARTS) is 1. The number of nitrogens with one attached hydrogen (secondary N) is 1. The van der Waals surface area contributed by atoms with Gasteiger partial charge in [-0.2, -0.15) is 0 Å². The van der Waals surface area contributed by atoms with Gasteiger partial charge in [-0.25, -0.2) is 14.6 Å². The third-order valence-corrected chi connectivity index (χ3v) is 5.62. The molecule has 7 nitrogen and oxygen atoms in total. The largest absolute Gasteiger partial charge is 0.478 e. The van der Waals surface area contributed by atoms with Crippen molar-refractivity contribution in [2.24, 2.45) is 0 Å². The van der Waals surface area contributed by atoms with Gasteiger partial charge in [0.05, 0.1) is 22.8 Å². The lowest BCUT2D eigenvalue weighted by Crippen LogP contribution is -2.28. The predicted molar refractivity (Wildman–Crippen MR) is 121 cm³/mol. The predicted octanol–water partition coefficient (Wildman–Crippen LogP) is 3.51. The number of nitrogens with zero attached hydrogens (tertiary/aromatic N) is 3. The summed E-state index contributed by atoms with van der Waals surface area (Å²) in [7, 11) is 0. The fourth-order valence-corrected chi connectivity index (χ4v) is 4.10. The summed E-state index contributed by atoms with van der Waals surface area (Å²) in [6.45, 7) is 1.66. The number of aromatic carboxylic acids is 1. The maximum Gasteiger partial charge on any atom is 0.335 e. The van der Waals surface area contributed by atoms with Gasteiger partial charge in [-0.3, -0.25) is 9.13 Å². The molecule has 2 aromatic carbocycles. The number of hydrogen-bond acceptors (Lipinski definition) is 4. The Morgan fingerprint density at radius 2 is 1.71 bits per heavy atom. The Bertz CT molecular complexity index is 1290. The number of halogens is 1. The van der Waals surface area contributed by atoms with Crippen LogP contribution >= 0.6 is 12.4 Å². The molecule has 0 saturated carbocycles. The molecule has 8 heteroatoms. The highest BCUT2D eigenvalue weighted by atomic mass is 35.5. The first-order valence-corrected chi connectivity index (χ1v) is 9.86. The van der Waals surface area contributed by atoms with Crippen LogP contribution in [0.25, 0.3) is 28.0 Å². The average Bonchev–Trinajstić information content (AvgIpc) is 3.39. The molecule has 2 aromatic heterocycles. The lowest BCUT2D eigenvalue weighted by molar-refractivity contribution is 0.0697. The number of hydrogen-bond donors (Lipinski definition) is 2. The summed E-state index contributed by atoms with van der Waals surface area (Å²) in [6, 6.07) is 18.3. The summed E-state index contributed by atoms with van der Waals surface area (Å²) in [5.41, 5.74) is 4.29. The standard InChI is InChI=1S/C23H20N4O3.ClH/c28-22(29)17-5-3-15(4-6-17)16-7-9-18(10-8-16)26-20-2-1-12-25-21(20)27(23(26)30)19-11-13-24-14-19;/h1-10,12,19,24H,11,13-14H2,(H,28,29);1H/t19-;/m0./s1. The van der Waals surface area contributed by atoms with E-state index in [1.54, 1.807) is 39.6 Å². The molecule has 0 bridgehead atoms. The fraction of sp³-hybridized carbons (Fsp3) is 0.174. The van der Waals surface area contributed by atoms with Gasteiger partial charge >= 0.3 is 11.7 Å². The van der Waals surface area contributed by atoms with E-state index in [1.807, 2.05) is 36.4 Å². The maximum absolute atomic E-state index is 13.3. The smallest absolute Gasteiger partial charge is 0.335 e. The monoisotopic (exact) mass is 436 g/mol. The second-order valence-electron chi connectivity index (χ2n) is 7.41. The van der Waals surface area contributed by atoms with Crippen molar-refractivity contribution in [1.82, 2.24) is 19.4 Å². The molecule has 158 valence electrons. The number of rotatable bonds is 4. The van der Waals surface area contributed by atoms with Crippen LogP contribution < -0.4 is 11.0 Å². The number of benzene rings is 2. The summed E-state index contributed by atoms with van der Waals surface area (Å²) in [6.07, 6.45) is 2.62. The summed E-state index contributed by atoms with van der Waals surface area (Å²) < 4.78 is 3.51. The fourth-order valence-electron chi connectivity index (χ4n) is 4.10. The number of imidazole rings is 1. The molecule has 2 N–H and O–H groups in total. The first-order valence-electron chi connectivity index (χ1n) is 9.86. The van der Waals surface area contributed by atoms with Gasteiger partial charge in [0, 0.05) is 12.7 Å². The zero-order valence-electron chi connectivity index (χ0n) is 16.6. The Labute approximate surface area is 184 Å². The van der Waals surface area contributed by atoms with E-state index in [2.05, 4.69) is 10.3 Å². The van der Waals surface area contributed by atoms with Crippen molar-refractivity contribution >= 4 is 29.5 Å². The minimum absolute atomic E-state index is 0. The van der Waals surface area contributed by atoms with E-state index in [0.29, 0.717) is 5.65 Å². The Balaban J connectivity index is 0.00000231. The highest BCUT2D eigenvalue weighted by molar-refractivity contribution is 5.88. The maximum atomic E-state index is 13.3. The molecular weight excluding hydrogens is 416 g/mol. The third-order valence-electron chi connectivity index (χ3n) is 5.62. The van der Waals surface area contributed by atoms with E-state index >= 15 is 0 Å². The van der Waals surface area contributed by atoms with E-state index in [-0.39, 0.29) is 29.7 Å². The van der Waals surface area contributed by atoms with Gasteiger partial charge < -0.3 is 10.4 Å². The molecule has 3 heterocycles. The summed E-state index contributed by atoms with van der Waals surface area (Å²) >= 11 is 0. The molecule has 1 aliphatic rings. The number of pyridine rings is 1. The number of aromatic nitrogens is 3. The minimum Gasteiger partial charge on any atom is -0.478 e. The van der Waals surface area contributed by atoms with E-state index in [9.17, 15) is 9.59 Å². The molecule has 1 saturated heterocycles. The molecule has 1 atom stereocenters. The van der Waals surface area contributed by atoms with E-state index in [1.165, 1.54) is 0 Å². The van der Waals surface area contributed by atoms with Crippen LogP contribution in [0, 0.1) is 0 Å². The van der Waals surface area contributed by atoms with Gasteiger partial charge in [-0.15, -0.1) is 12.4 Å². The average molecular weight is 437 g/mol. The van der Waals surface area contributed by atoms with Gasteiger partial charge in [-0.05, 0) is 60.5 Å². The van der Waals surface area contributed by atoms with Crippen LogP contribution in [0.5, 0.6) is 0 Å². The highest BCUT2D eigenvalue weighted by Gasteiger charge is 2.24. The lowest BCUT2D eigenvalue weighted by Gasteiger charge is -2.09. The Kier molecular flexibility index (Phi) is 5.63. The second kappa shape index (κ2) is 8.37. The quantitative estimate of drug-likeness (QED) is 0.511. The van der Waals surface area contributed by atoms with E-state index in [0.717, 1.165) is 41.8 Å². The van der Waals surface area contributed by atoms with Gasteiger partial charge in [0.1, 0.15) is 0 Å². The molecule has 0 aliphatic carbocycles. The molecule has 1 aliphatic heterocycles. The number of carboxylic acids is 1. The van der Waals surface area contributed by atoms with Gasteiger partial charge in [0.15, 0.2) is 5.65 Å². The van der Waals surface area contributed by atoms with Crippen LogP contribution in [0.2, 0.25) is 0 Å². The second-order valence-corrected chi connectivity index (χ2v) is 7.41. The molecule has 0 amide bonds. The van der Waals surface area contributed by atoms with E-state index < -0.39 is 5.97 Å². The van der Waals surface area contributed by atoms with Crippen molar-refractivity contribution in [1.29, 1.82) is 0 Å². The third kappa shape index (κ3) is 3.62. The van der Waals surface area contributed by atoms with Crippen molar-refractivity contribution in [3.63, 3.8) is 0 Å². The van der Waals surface area contributed by atoms with Crippen molar-refractivity contribution < 1.29 is 9.90 Å². The van der Waals surface area contributed by atoms with Crippen LogP contribution in [0.1, 0.15) is 22.8 Å². The molecule has 0 radical (unpaired) electrons. The SMILES string of the molecule is Cl.O=C(O)c1ccc(-c2ccc(-n3c(=O)n([C@H]4CCNC4)c4ncccc43)cc2)cc1. The first kappa shape index (κ1) is 20.8. The van der Waals surface area contributed by atoms with Crippen LogP contribution in [0.3, 0.4) is 0 Å². The van der Waals surface area contributed by atoms with Crippen molar-refractivity contribution in [2.45, 2.75) is 12.5 Å². The first-order chi connectivity index (χ1) is 14.6. The topological polar surface area (TPSA) is 89.1 Å². The minimum atomic E-state index is -0.946. The van der Waals surface area contributed by atoms with Gasteiger partial charge in [0.25, 0.3) is 0 Å². The molecule has 4 aromatic rings. The van der Waals surface area contributed by atoms with Crippen molar-refractivity contribution in [3.8, 4) is 16.8 Å². The summed E-state index contributed by atoms with van der Waals surface area (Å²) in [5.74, 6) is -0.946. The molecule has 5 rings (SSSR count). The molecule has 1 fully saturated rings. The molecule has 0 spiro atoms.